The van der Waals surface area contributed by atoms with Gasteiger partial charge in [-0.15, -0.1) is 11.3 Å². The largest absolute Gasteiger partial charge is 0.460 e. The SMILES string of the molecule is Cc1cc(C)c2c(N)c(C(=O)OCCN3CCOC3=O)sc2n1. The number of thiophene rings is 1. The Labute approximate surface area is 137 Å². The Morgan fingerprint density at radius 2 is 2.30 bits per heavy atom. The molecule has 2 aromatic heterocycles. The van der Waals surface area contributed by atoms with E-state index in [0.29, 0.717) is 30.3 Å². The summed E-state index contributed by atoms with van der Waals surface area (Å²) in [7, 11) is 0. The second-order valence-electron chi connectivity index (χ2n) is 5.34. The van der Waals surface area contributed by atoms with Crippen LogP contribution in [0.2, 0.25) is 0 Å². The van der Waals surface area contributed by atoms with Crippen molar-refractivity contribution in [2.75, 3.05) is 32.0 Å². The van der Waals surface area contributed by atoms with Gasteiger partial charge in [-0.2, -0.15) is 0 Å². The summed E-state index contributed by atoms with van der Waals surface area (Å²) in [5.74, 6) is -0.491. The average molecular weight is 335 g/mol. The molecule has 0 atom stereocenters. The van der Waals surface area contributed by atoms with Crippen molar-refractivity contribution in [3.8, 4) is 0 Å². The van der Waals surface area contributed by atoms with Crippen LogP contribution in [0.15, 0.2) is 6.07 Å². The zero-order valence-electron chi connectivity index (χ0n) is 12.9. The molecule has 3 rings (SSSR count). The quantitative estimate of drug-likeness (QED) is 0.860. The van der Waals surface area contributed by atoms with Gasteiger partial charge in [0.25, 0.3) is 0 Å². The zero-order chi connectivity index (χ0) is 16.6. The van der Waals surface area contributed by atoms with Gasteiger partial charge < -0.3 is 20.1 Å². The van der Waals surface area contributed by atoms with Gasteiger partial charge >= 0.3 is 12.1 Å². The molecule has 2 N–H and O–H groups in total. The van der Waals surface area contributed by atoms with E-state index in [4.69, 9.17) is 15.2 Å². The summed E-state index contributed by atoms with van der Waals surface area (Å²) < 4.78 is 10.0. The van der Waals surface area contributed by atoms with Gasteiger partial charge in [0.05, 0.1) is 18.8 Å². The Hall–Kier alpha value is -2.35. The lowest BCUT2D eigenvalue weighted by Gasteiger charge is -2.12. The summed E-state index contributed by atoms with van der Waals surface area (Å²) in [4.78, 5) is 30.5. The standard InChI is InChI=1S/C15H17N3O4S/c1-8-7-9(2)17-13-10(8)11(16)12(23-13)14(19)21-5-3-18-4-6-22-15(18)20/h7H,3-6,16H2,1-2H3. The second-order valence-corrected chi connectivity index (χ2v) is 6.34. The van der Waals surface area contributed by atoms with Crippen molar-refractivity contribution in [1.29, 1.82) is 0 Å². The average Bonchev–Trinajstić information content (AvgIpc) is 3.03. The molecule has 23 heavy (non-hydrogen) atoms. The normalized spacial score (nSPS) is 14.3. The van der Waals surface area contributed by atoms with Crippen LogP contribution in [-0.4, -0.2) is 48.2 Å². The minimum Gasteiger partial charge on any atom is -0.460 e. The fourth-order valence-electron chi connectivity index (χ4n) is 2.56. The van der Waals surface area contributed by atoms with Crippen LogP contribution in [-0.2, 0) is 9.47 Å². The van der Waals surface area contributed by atoms with E-state index in [9.17, 15) is 9.59 Å². The molecule has 1 saturated heterocycles. The van der Waals surface area contributed by atoms with Crippen LogP contribution in [0.1, 0.15) is 20.9 Å². The van der Waals surface area contributed by atoms with E-state index in [1.165, 1.54) is 16.2 Å². The first kappa shape index (κ1) is 15.5. The van der Waals surface area contributed by atoms with Crippen LogP contribution in [0.5, 0.6) is 0 Å². The summed E-state index contributed by atoms with van der Waals surface area (Å²) in [5, 5.41) is 0.802. The molecule has 7 nitrogen and oxygen atoms in total. The third-order valence-electron chi connectivity index (χ3n) is 3.65. The van der Waals surface area contributed by atoms with E-state index in [-0.39, 0.29) is 12.7 Å². The van der Waals surface area contributed by atoms with Gasteiger partial charge in [0, 0.05) is 11.1 Å². The summed E-state index contributed by atoms with van der Waals surface area (Å²) in [6, 6.07) is 1.93. The summed E-state index contributed by atoms with van der Waals surface area (Å²) in [6.07, 6.45) is -0.377. The van der Waals surface area contributed by atoms with Crippen LogP contribution in [0.4, 0.5) is 10.5 Å². The van der Waals surface area contributed by atoms with Crippen LogP contribution in [0.25, 0.3) is 10.2 Å². The summed E-state index contributed by atoms with van der Waals surface area (Å²) in [5.41, 5.74) is 8.36. The Kier molecular flexibility index (Phi) is 4.08. The number of rotatable bonds is 4. The molecular weight excluding hydrogens is 318 g/mol. The Morgan fingerprint density at radius 1 is 1.52 bits per heavy atom. The lowest BCUT2D eigenvalue weighted by molar-refractivity contribution is 0.0484. The molecule has 1 aliphatic heterocycles. The van der Waals surface area contributed by atoms with Crippen LogP contribution in [0.3, 0.4) is 0 Å². The number of hydrogen-bond acceptors (Lipinski definition) is 7. The van der Waals surface area contributed by atoms with Crippen LogP contribution < -0.4 is 5.73 Å². The highest BCUT2D eigenvalue weighted by atomic mass is 32.1. The van der Waals surface area contributed by atoms with Gasteiger partial charge in [-0.05, 0) is 25.5 Å². The van der Waals surface area contributed by atoms with Crippen molar-refractivity contribution in [3.63, 3.8) is 0 Å². The Balaban J connectivity index is 1.72. The zero-order valence-corrected chi connectivity index (χ0v) is 13.7. The van der Waals surface area contributed by atoms with Gasteiger partial charge in [-0.25, -0.2) is 14.6 Å². The van der Waals surface area contributed by atoms with E-state index < -0.39 is 5.97 Å². The smallest absolute Gasteiger partial charge is 0.410 e. The van der Waals surface area contributed by atoms with Crippen molar-refractivity contribution in [2.45, 2.75) is 13.8 Å². The predicted octanol–water partition coefficient (Wildman–Crippen LogP) is 2.10. The molecule has 0 spiro atoms. The number of esters is 1. The topological polar surface area (TPSA) is 94.8 Å². The number of amides is 1. The summed E-state index contributed by atoms with van der Waals surface area (Å²) >= 11 is 1.23. The summed E-state index contributed by atoms with van der Waals surface area (Å²) in [6.45, 7) is 5.15. The number of ether oxygens (including phenoxy) is 2. The first-order valence-corrected chi connectivity index (χ1v) is 8.04. The second kappa shape index (κ2) is 6.04. The molecule has 0 aliphatic carbocycles. The Bertz CT molecular complexity index is 787. The number of cyclic esters (lactones) is 1. The molecule has 0 aromatic carbocycles. The number of aryl methyl sites for hydroxylation is 2. The highest BCUT2D eigenvalue weighted by Crippen LogP contribution is 2.35. The molecule has 0 saturated carbocycles. The molecule has 3 heterocycles. The van der Waals surface area contributed by atoms with E-state index in [0.717, 1.165) is 21.5 Å². The number of aromatic nitrogens is 1. The third-order valence-corrected chi connectivity index (χ3v) is 4.73. The molecule has 1 aliphatic rings. The monoisotopic (exact) mass is 335 g/mol. The predicted molar refractivity (Wildman–Crippen MR) is 86.7 cm³/mol. The minimum atomic E-state index is -0.491. The van der Waals surface area contributed by atoms with Crippen molar-refractivity contribution in [2.24, 2.45) is 0 Å². The fraction of sp³-hybridized carbons (Fsp3) is 0.400. The van der Waals surface area contributed by atoms with Gasteiger partial charge in [0.1, 0.15) is 22.9 Å². The number of nitrogens with two attached hydrogens (primary N) is 1. The first-order chi connectivity index (χ1) is 11.0. The number of pyridine rings is 1. The van der Waals surface area contributed by atoms with E-state index in [1.807, 2.05) is 19.9 Å². The Morgan fingerprint density at radius 3 is 3.00 bits per heavy atom. The maximum absolute atomic E-state index is 12.2. The highest BCUT2D eigenvalue weighted by molar-refractivity contribution is 7.21. The molecule has 0 unspecified atom stereocenters. The van der Waals surface area contributed by atoms with Gasteiger partial charge in [0.2, 0.25) is 0 Å². The number of nitrogens with zero attached hydrogens (tertiary/aromatic N) is 2. The number of hydrogen-bond donors (Lipinski definition) is 1. The van der Waals surface area contributed by atoms with Crippen molar-refractivity contribution in [1.82, 2.24) is 9.88 Å². The molecule has 0 bridgehead atoms. The van der Waals surface area contributed by atoms with E-state index >= 15 is 0 Å². The number of anilines is 1. The third kappa shape index (κ3) is 2.94. The number of carbonyl (C=O) groups excluding carboxylic acids is 2. The number of fused-ring (bicyclic) bond motifs is 1. The molecular formula is C15H17N3O4S. The maximum Gasteiger partial charge on any atom is 0.410 e. The number of nitrogen functional groups attached to an aromatic ring is 1. The minimum absolute atomic E-state index is 0.104. The van der Waals surface area contributed by atoms with Crippen molar-refractivity contribution >= 4 is 39.3 Å². The molecule has 0 radical (unpaired) electrons. The van der Waals surface area contributed by atoms with Gasteiger partial charge in [-0.1, -0.05) is 0 Å². The van der Waals surface area contributed by atoms with Crippen molar-refractivity contribution in [3.05, 3.63) is 22.2 Å². The maximum atomic E-state index is 12.2. The molecule has 1 amide bonds. The van der Waals surface area contributed by atoms with Crippen LogP contribution in [0, 0.1) is 13.8 Å². The van der Waals surface area contributed by atoms with Crippen LogP contribution >= 0.6 is 11.3 Å². The highest BCUT2D eigenvalue weighted by Gasteiger charge is 2.23. The molecule has 2 aromatic rings. The van der Waals surface area contributed by atoms with Crippen molar-refractivity contribution < 1.29 is 19.1 Å². The van der Waals surface area contributed by atoms with Gasteiger partial charge in [-0.3, -0.25) is 0 Å². The molecule has 1 fully saturated rings. The lowest BCUT2D eigenvalue weighted by Crippen LogP contribution is -2.29. The fourth-order valence-corrected chi connectivity index (χ4v) is 3.67. The molecule has 122 valence electrons. The lowest BCUT2D eigenvalue weighted by atomic mass is 10.1. The van der Waals surface area contributed by atoms with E-state index in [1.54, 1.807) is 0 Å². The van der Waals surface area contributed by atoms with E-state index in [2.05, 4.69) is 4.98 Å². The first-order valence-electron chi connectivity index (χ1n) is 7.22. The number of carbonyl (C=O) groups is 2. The molecule has 8 heteroatoms. The van der Waals surface area contributed by atoms with Gasteiger partial charge in [0.15, 0.2) is 0 Å².